The monoisotopic (exact) mass is 403 g/mol. The van der Waals surface area contributed by atoms with E-state index in [4.69, 9.17) is 11.6 Å². The van der Waals surface area contributed by atoms with Crippen LogP contribution < -0.4 is 16.0 Å². The summed E-state index contributed by atoms with van der Waals surface area (Å²) in [7, 11) is -3.26. The molecule has 3 rings (SSSR count). The first-order chi connectivity index (χ1) is 12.3. The molecule has 2 heterocycles. The van der Waals surface area contributed by atoms with Gasteiger partial charge in [-0.3, -0.25) is 4.79 Å². The minimum atomic E-state index is -3.26. The summed E-state index contributed by atoms with van der Waals surface area (Å²) < 4.78 is 37.4. The second-order valence-electron chi connectivity index (χ2n) is 6.54. The average molecular weight is 404 g/mol. The molecule has 0 radical (unpaired) electrons. The number of halogens is 2. The Bertz CT molecular complexity index is 833. The molecule has 10 heteroatoms. The van der Waals surface area contributed by atoms with E-state index in [0.29, 0.717) is 24.9 Å². The average Bonchev–Trinajstić information content (AvgIpc) is 2.99. The molecule has 2 aliphatic heterocycles. The molecule has 3 unspecified atom stereocenters. The van der Waals surface area contributed by atoms with E-state index in [2.05, 4.69) is 16.0 Å². The van der Waals surface area contributed by atoms with Crippen LogP contribution in [0.2, 0.25) is 5.02 Å². The van der Waals surface area contributed by atoms with E-state index in [9.17, 15) is 22.4 Å². The van der Waals surface area contributed by atoms with Gasteiger partial charge < -0.3 is 16.0 Å². The summed E-state index contributed by atoms with van der Waals surface area (Å²) in [6, 6.07) is 2.59. The highest BCUT2D eigenvalue weighted by Gasteiger charge is 2.51. The molecule has 0 aliphatic carbocycles. The number of carbonyl (C=O) groups is 2. The molecule has 3 amide bonds. The molecule has 2 fully saturated rings. The minimum Gasteiger partial charge on any atom is -0.332 e. The normalized spacial score (nSPS) is 26.1. The molecular weight excluding hydrogens is 385 g/mol. The first-order valence-corrected chi connectivity index (χ1v) is 10.4. The Labute approximate surface area is 155 Å². The molecule has 0 aromatic heterocycles. The Morgan fingerprint density at radius 3 is 2.81 bits per heavy atom. The van der Waals surface area contributed by atoms with Crippen LogP contribution in [-0.4, -0.2) is 43.4 Å². The van der Waals surface area contributed by atoms with Crippen LogP contribution >= 0.6 is 11.6 Å². The molecule has 1 aromatic carbocycles. The van der Waals surface area contributed by atoms with Gasteiger partial charge >= 0.3 is 6.03 Å². The van der Waals surface area contributed by atoms with E-state index in [-0.39, 0.29) is 35.2 Å². The van der Waals surface area contributed by atoms with Gasteiger partial charge in [0.25, 0.3) is 0 Å². The molecule has 0 bridgehead atoms. The zero-order chi connectivity index (χ0) is 18.9. The Morgan fingerprint density at radius 1 is 1.31 bits per heavy atom. The number of benzene rings is 1. The van der Waals surface area contributed by atoms with Gasteiger partial charge in [0.2, 0.25) is 5.91 Å². The number of unbranched alkanes of at least 4 members (excludes halogenated alkanes) is 1. The summed E-state index contributed by atoms with van der Waals surface area (Å²) in [5, 5.41) is 7.37. The van der Waals surface area contributed by atoms with Gasteiger partial charge in [-0.05, 0) is 31.0 Å². The van der Waals surface area contributed by atoms with E-state index < -0.39 is 26.9 Å². The number of hydrogen-bond acceptors (Lipinski definition) is 4. The Morgan fingerprint density at radius 2 is 2.08 bits per heavy atom. The lowest BCUT2D eigenvalue weighted by atomic mass is 10.0. The van der Waals surface area contributed by atoms with Crippen molar-refractivity contribution >= 4 is 39.1 Å². The zero-order valence-corrected chi connectivity index (χ0v) is 15.4. The van der Waals surface area contributed by atoms with Crippen LogP contribution in [0.4, 0.5) is 14.9 Å². The Kier molecular flexibility index (Phi) is 5.38. The zero-order valence-electron chi connectivity index (χ0n) is 13.8. The number of fused-ring (bicyclic) bond motifs is 1. The molecule has 26 heavy (non-hydrogen) atoms. The Balaban J connectivity index is 1.46. The Hall–Kier alpha value is -1.87. The smallest absolute Gasteiger partial charge is 0.315 e. The van der Waals surface area contributed by atoms with E-state index in [0.717, 1.165) is 6.07 Å². The van der Waals surface area contributed by atoms with Crippen molar-refractivity contribution in [3.05, 3.63) is 29.0 Å². The van der Waals surface area contributed by atoms with Gasteiger partial charge in [0.1, 0.15) is 5.82 Å². The largest absolute Gasteiger partial charge is 0.332 e. The van der Waals surface area contributed by atoms with E-state index in [1.54, 1.807) is 0 Å². The summed E-state index contributed by atoms with van der Waals surface area (Å²) in [6.07, 6.45) is 1.61. The quantitative estimate of drug-likeness (QED) is 0.497. The lowest BCUT2D eigenvalue weighted by Crippen LogP contribution is -2.39. The third-order valence-electron chi connectivity index (χ3n) is 4.67. The molecule has 0 saturated carbocycles. The first-order valence-electron chi connectivity index (χ1n) is 8.30. The van der Waals surface area contributed by atoms with Crippen LogP contribution in [0, 0.1) is 5.82 Å². The predicted octanol–water partition coefficient (Wildman–Crippen LogP) is 1.82. The molecule has 2 aliphatic rings. The molecular formula is C16H19ClFN3O4S. The molecule has 142 valence electrons. The highest BCUT2D eigenvalue weighted by molar-refractivity contribution is 7.92. The maximum absolute atomic E-state index is 13.0. The first kappa shape index (κ1) is 18.9. The van der Waals surface area contributed by atoms with Gasteiger partial charge in [0.15, 0.2) is 9.84 Å². The number of rotatable bonds is 6. The summed E-state index contributed by atoms with van der Waals surface area (Å²) in [5.41, 5.74) is 0.332. The number of nitrogens with one attached hydrogen (secondary N) is 3. The van der Waals surface area contributed by atoms with Gasteiger partial charge in [0, 0.05) is 6.42 Å². The van der Waals surface area contributed by atoms with Crippen LogP contribution in [0.5, 0.6) is 0 Å². The van der Waals surface area contributed by atoms with Gasteiger partial charge in [-0.25, -0.2) is 17.6 Å². The molecule has 1 aromatic rings. The summed E-state index contributed by atoms with van der Waals surface area (Å²) in [6.45, 7) is 0. The summed E-state index contributed by atoms with van der Waals surface area (Å²) in [5.74, 6) is -0.816. The van der Waals surface area contributed by atoms with Crippen molar-refractivity contribution in [2.45, 2.75) is 43.0 Å². The molecule has 7 nitrogen and oxygen atoms in total. The number of amides is 3. The maximum atomic E-state index is 13.0. The number of sulfone groups is 1. The lowest BCUT2D eigenvalue weighted by Gasteiger charge is -2.16. The predicted molar refractivity (Wildman–Crippen MR) is 95.3 cm³/mol. The fourth-order valence-electron chi connectivity index (χ4n) is 3.44. The third kappa shape index (κ3) is 4.09. The fraction of sp³-hybridized carbons (Fsp3) is 0.500. The minimum absolute atomic E-state index is 0.0510. The highest BCUT2D eigenvalue weighted by atomic mass is 35.5. The van der Waals surface area contributed by atoms with Crippen molar-refractivity contribution < 1.29 is 22.4 Å². The maximum Gasteiger partial charge on any atom is 0.315 e. The van der Waals surface area contributed by atoms with Crippen LogP contribution in [0.15, 0.2) is 18.2 Å². The van der Waals surface area contributed by atoms with Gasteiger partial charge in [-0.2, -0.15) is 0 Å². The number of anilines is 1. The van der Waals surface area contributed by atoms with E-state index >= 15 is 0 Å². The van der Waals surface area contributed by atoms with E-state index in [1.165, 1.54) is 12.1 Å². The van der Waals surface area contributed by atoms with Crippen molar-refractivity contribution in [2.75, 3.05) is 11.1 Å². The van der Waals surface area contributed by atoms with Crippen LogP contribution in [0.3, 0.4) is 0 Å². The van der Waals surface area contributed by atoms with Crippen LogP contribution in [-0.2, 0) is 14.6 Å². The lowest BCUT2D eigenvalue weighted by molar-refractivity contribution is -0.116. The van der Waals surface area contributed by atoms with Crippen LogP contribution in [0.25, 0.3) is 0 Å². The van der Waals surface area contributed by atoms with Crippen LogP contribution in [0.1, 0.15) is 25.7 Å². The number of urea groups is 1. The van der Waals surface area contributed by atoms with Crippen molar-refractivity contribution in [3.8, 4) is 0 Å². The molecule has 3 atom stereocenters. The molecule has 3 N–H and O–H groups in total. The van der Waals surface area contributed by atoms with Gasteiger partial charge in [-0.1, -0.05) is 18.0 Å². The third-order valence-corrected chi connectivity index (χ3v) is 7.26. The number of hydrogen-bond donors (Lipinski definition) is 3. The van der Waals surface area contributed by atoms with Crippen molar-refractivity contribution in [3.63, 3.8) is 0 Å². The standard InChI is InChI=1S/C16H19ClFN3O4S/c17-10-7-9(18)5-6-11(10)19-14(22)4-2-1-3-13-15-12(8-26(13,24)25)20-16(23)21-15/h5-7,12-13,15H,1-4,8H2,(H,19,22)(H2,20,21,23). The topological polar surface area (TPSA) is 104 Å². The second kappa shape index (κ2) is 7.40. The highest BCUT2D eigenvalue weighted by Crippen LogP contribution is 2.28. The molecule has 0 spiro atoms. The summed E-state index contributed by atoms with van der Waals surface area (Å²) >= 11 is 5.85. The van der Waals surface area contributed by atoms with Crippen molar-refractivity contribution in [2.24, 2.45) is 0 Å². The van der Waals surface area contributed by atoms with Crippen molar-refractivity contribution in [1.29, 1.82) is 0 Å². The molecule has 2 saturated heterocycles. The van der Waals surface area contributed by atoms with Gasteiger partial charge in [-0.15, -0.1) is 0 Å². The SMILES string of the molecule is O=C(CCCCC1C2NC(=O)NC2CS1(=O)=O)Nc1ccc(F)cc1Cl. The summed E-state index contributed by atoms with van der Waals surface area (Å²) in [4.78, 5) is 23.3. The number of carbonyl (C=O) groups excluding carboxylic acids is 2. The van der Waals surface area contributed by atoms with Gasteiger partial charge in [0.05, 0.1) is 33.8 Å². The second-order valence-corrected chi connectivity index (χ2v) is 9.21. The fourth-order valence-corrected chi connectivity index (χ4v) is 5.92. The van der Waals surface area contributed by atoms with Crippen molar-refractivity contribution in [1.82, 2.24) is 10.6 Å². The van der Waals surface area contributed by atoms with E-state index in [1.807, 2.05) is 0 Å².